The van der Waals surface area contributed by atoms with Gasteiger partial charge in [-0.15, -0.1) is 5.10 Å². The van der Waals surface area contributed by atoms with Gasteiger partial charge in [-0.25, -0.2) is 4.68 Å². The summed E-state index contributed by atoms with van der Waals surface area (Å²) in [4.78, 5) is 23.0. The first kappa shape index (κ1) is 14.9. The number of aliphatic hydroxyl groups is 1. The molecule has 1 heterocycles. The second-order valence-corrected chi connectivity index (χ2v) is 4.70. The van der Waals surface area contributed by atoms with Gasteiger partial charge in [-0.3, -0.25) is 9.59 Å². The smallest absolute Gasteiger partial charge is 0.246 e. The van der Waals surface area contributed by atoms with E-state index in [1.165, 1.54) is 17.8 Å². The summed E-state index contributed by atoms with van der Waals surface area (Å²) >= 11 is 0. The Hall–Kier alpha value is -2.54. The number of aliphatic hydroxyl groups excluding tert-OH is 1. The molecular weight excluding hydrogens is 272 g/mol. The molecule has 1 aromatic carbocycles. The fourth-order valence-corrected chi connectivity index (χ4v) is 1.72. The molecule has 0 radical (unpaired) electrons. The highest BCUT2D eigenvalue weighted by Crippen LogP contribution is 2.10. The fraction of sp³-hybridized carbons (Fsp3) is 0.286. The van der Waals surface area contributed by atoms with Gasteiger partial charge in [-0.2, -0.15) is 0 Å². The van der Waals surface area contributed by atoms with E-state index in [2.05, 4.69) is 15.6 Å². The van der Waals surface area contributed by atoms with Gasteiger partial charge in [0.25, 0.3) is 0 Å². The van der Waals surface area contributed by atoms with Crippen molar-refractivity contribution in [1.82, 2.24) is 15.0 Å². The molecule has 2 aromatic rings. The number of nitrogens with zero attached hydrogens (tertiary/aromatic N) is 3. The molecule has 2 rings (SSSR count). The summed E-state index contributed by atoms with van der Waals surface area (Å²) in [5.74, 6) is -0.297. The van der Waals surface area contributed by atoms with Gasteiger partial charge in [-0.1, -0.05) is 5.21 Å². The molecule has 0 saturated carbocycles. The Bertz CT molecular complexity index is 646. The number of hydrogen-bond donors (Lipinski definition) is 2. The zero-order valence-corrected chi connectivity index (χ0v) is 11.8. The first-order chi connectivity index (χ1) is 9.95. The minimum absolute atomic E-state index is 0.00577. The maximum atomic E-state index is 11.9. The fourth-order valence-electron chi connectivity index (χ4n) is 1.72. The maximum absolute atomic E-state index is 11.9. The number of amides is 1. The first-order valence-corrected chi connectivity index (χ1v) is 6.44. The molecule has 1 amide bonds. The van der Waals surface area contributed by atoms with Crippen molar-refractivity contribution in [3.63, 3.8) is 0 Å². The van der Waals surface area contributed by atoms with Crippen molar-refractivity contribution < 1.29 is 14.7 Å². The van der Waals surface area contributed by atoms with Crippen molar-refractivity contribution in [1.29, 1.82) is 0 Å². The average molecular weight is 288 g/mol. The number of aromatic nitrogens is 3. The summed E-state index contributed by atoms with van der Waals surface area (Å²) in [6, 6.07) is 6.63. The Kier molecular flexibility index (Phi) is 4.44. The lowest BCUT2D eigenvalue weighted by atomic mass is 10.1. The summed E-state index contributed by atoms with van der Waals surface area (Å²) in [6.07, 6.45) is 0.796. The Balaban J connectivity index is 1.96. The number of carbonyl (C=O) groups is 2. The van der Waals surface area contributed by atoms with Gasteiger partial charge < -0.3 is 10.4 Å². The van der Waals surface area contributed by atoms with Crippen molar-refractivity contribution in [3.8, 4) is 0 Å². The number of nitrogens with one attached hydrogen (secondary N) is 1. The monoisotopic (exact) mass is 288 g/mol. The lowest BCUT2D eigenvalue weighted by Gasteiger charge is -2.05. The highest BCUT2D eigenvalue weighted by molar-refractivity contribution is 5.95. The molecule has 0 aliphatic carbocycles. The third-order valence-corrected chi connectivity index (χ3v) is 2.87. The summed E-state index contributed by atoms with van der Waals surface area (Å²) in [5.41, 5.74) is 1.60. The van der Waals surface area contributed by atoms with Gasteiger partial charge in [-0.05, 0) is 38.1 Å². The molecule has 7 nitrogen and oxygen atoms in total. The molecule has 0 aliphatic rings. The van der Waals surface area contributed by atoms with Crippen LogP contribution in [-0.4, -0.2) is 31.8 Å². The molecule has 0 spiro atoms. The van der Waals surface area contributed by atoms with Gasteiger partial charge in [0.05, 0.1) is 12.3 Å². The van der Waals surface area contributed by atoms with Crippen LogP contribution < -0.4 is 5.32 Å². The van der Waals surface area contributed by atoms with Crippen molar-refractivity contribution in [2.24, 2.45) is 0 Å². The number of rotatable bonds is 5. The highest BCUT2D eigenvalue weighted by Gasteiger charge is 2.09. The average Bonchev–Trinajstić information content (AvgIpc) is 2.87. The number of benzene rings is 1. The van der Waals surface area contributed by atoms with Crippen LogP contribution in [-0.2, 0) is 11.3 Å². The number of anilines is 1. The predicted octanol–water partition coefficient (Wildman–Crippen LogP) is 1.17. The molecule has 0 aliphatic heterocycles. The van der Waals surface area contributed by atoms with Crippen molar-refractivity contribution in [2.45, 2.75) is 26.5 Å². The minimum Gasteiger partial charge on any atom is -0.387 e. The van der Waals surface area contributed by atoms with Gasteiger partial charge in [0.2, 0.25) is 5.91 Å². The van der Waals surface area contributed by atoms with Crippen LogP contribution in [0.1, 0.15) is 36.0 Å². The maximum Gasteiger partial charge on any atom is 0.246 e. The van der Waals surface area contributed by atoms with Crippen LogP contribution in [0.25, 0.3) is 0 Å². The zero-order valence-electron chi connectivity index (χ0n) is 11.8. The van der Waals surface area contributed by atoms with Crippen LogP contribution in [0.2, 0.25) is 0 Å². The first-order valence-electron chi connectivity index (χ1n) is 6.44. The number of hydrogen-bond acceptors (Lipinski definition) is 5. The Morgan fingerprint density at radius 1 is 1.33 bits per heavy atom. The summed E-state index contributed by atoms with van der Waals surface area (Å²) in [5, 5.41) is 19.5. The summed E-state index contributed by atoms with van der Waals surface area (Å²) in [7, 11) is 0. The van der Waals surface area contributed by atoms with Gasteiger partial charge in [0.1, 0.15) is 12.2 Å². The Labute approximate surface area is 121 Å². The minimum atomic E-state index is -0.721. The van der Waals surface area contributed by atoms with Crippen molar-refractivity contribution >= 4 is 17.4 Å². The van der Waals surface area contributed by atoms with Crippen LogP contribution in [0.3, 0.4) is 0 Å². The molecule has 1 aromatic heterocycles. The molecular formula is C14H16N4O3. The SMILES string of the molecule is CC(=O)c1ccc(NC(=O)Cn2cc(C(C)O)nn2)cc1. The Morgan fingerprint density at radius 3 is 2.52 bits per heavy atom. The lowest BCUT2D eigenvalue weighted by Crippen LogP contribution is -2.19. The lowest BCUT2D eigenvalue weighted by molar-refractivity contribution is -0.116. The predicted molar refractivity (Wildman–Crippen MR) is 75.7 cm³/mol. The van der Waals surface area contributed by atoms with Crippen LogP contribution >= 0.6 is 0 Å². The molecule has 1 unspecified atom stereocenters. The van der Waals surface area contributed by atoms with E-state index < -0.39 is 6.10 Å². The van der Waals surface area contributed by atoms with Gasteiger partial charge in [0, 0.05) is 11.3 Å². The second-order valence-electron chi connectivity index (χ2n) is 4.70. The normalized spacial score (nSPS) is 12.0. The number of ketones is 1. The second kappa shape index (κ2) is 6.27. The largest absolute Gasteiger partial charge is 0.387 e. The molecule has 2 N–H and O–H groups in total. The molecule has 110 valence electrons. The standard InChI is InChI=1S/C14H16N4O3/c1-9(19)11-3-5-12(6-4-11)15-14(21)8-18-7-13(10(2)20)16-17-18/h3-7,10,20H,8H2,1-2H3,(H,15,21). The van der Waals surface area contributed by atoms with E-state index in [1.54, 1.807) is 31.2 Å². The van der Waals surface area contributed by atoms with E-state index in [0.29, 0.717) is 16.9 Å². The van der Waals surface area contributed by atoms with Crippen molar-refractivity contribution in [2.75, 3.05) is 5.32 Å². The summed E-state index contributed by atoms with van der Waals surface area (Å²) in [6.45, 7) is 3.05. The van der Waals surface area contributed by atoms with E-state index in [4.69, 9.17) is 0 Å². The zero-order chi connectivity index (χ0) is 15.4. The molecule has 0 fully saturated rings. The van der Waals surface area contributed by atoms with E-state index >= 15 is 0 Å². The summed E-state index contributed by atoms with van der Waals surface area (Å²) < 4.78 is 1.35. The van der Waals surface area contributed by atoms with Gasteiger partial charge in [0.15, 0.2) is 5.78 Å². The molecule has 0 bridgehead atoms. The van der Waals surface area contributed by atoms with Gasteiger partial charge >= 0.3 is 0 Å². The van der Waals surface area contributed by atoms with Crippen LogP contribution in [0, 0.1) is 0 Å². The van der Waals surface area contributed by atoms with Crippen molar-refractivity contribution in [3.05, 3.63) is 41.7 Å². The highest BCUT2D eigenvalue weighted by atomic mass is 16.3. The molecule has 1 atom stereocenters. The van der Waals surface area contributed by atoms with Crippen LogP contribution in [0.4, 0.5) is 5.69 Å². The van der Waals surface area contributed by atoms with E-state index in [0.717, 1.165) is 0 Å². The quantitative estimate of drug-likeness (QED) is 0.805. The number of Topliss-reactive ketones (excluding diaryl/α,β-unsaturated/α-hetero) is 1. The molecule has 0 saturated heterocycles. The van der Waals surface area contributed by atoms with Crippen LogP contribution in [0.5, 0.6) is 0 Å². The Morgan fingerprint density at radius 2 is 2.00 bits per heavy atom. The van der Waals surface area contributed by atoms with Crippen LogP contribution in [0.15, 0.2) is 30.5 Å². The van der Waals surface area contributed by atoms with E-state index in [-0.39, 0.29) is 18.2 Å². The topological polar surface area (TPSA) is 97.1 Å². The molecule has 21 heavy (non-hydrogen) atoms. The third kappa shape index (κ3) is 3.96. The molecule has 7 heteroatoms. The third-order valence-electron chi connectivity index (χ3n) is 2.87. The van der Waals surface area contributed by atoms with E-state index in [9.17, 15) is 14.7 Å². The van der Waals surface area contributed by atoms with E-state index in [1.807, 2.05) is 0 Å². The number of carbonyl (C=O) groups excluding carboxylic acids is 2.